The average molecular weight is 226 g/mol. The number of esters is 1. The van der Waals surface area contributed by atoms with Crippen molar-refractivity contribution in [2.75, 3.05) is 6.61 Å². The normalized spacial score (nSPS) is 21.7. The molecular formula is C13H22O3. The van der Waals surface area contributed by atoms with Crippen LogP contribution in [0.3, 0.4) is 0 Å². The highest BCUT2D eigenvalue weighted by Gasteiger charge is 2.25. The second kappa shape index (κ2) is 4.89. The summed E-state index contributed by atoms with van der Waals surface area (Å²) in [5, 5.41) is 0. The summed E-state index contributed by atoms with van der Waals surface area (Å²) < 4.78 is 10.9. The van der Waals surface area contributed by atoms with Crippen molar-refractivity contribution in [1.29, 1.82) is 0 Å². The molecule has 0 aromatic carbocycles. The zero-order valence-electron chi connectivity index (χ0n) is 10.9. The predicted molar refractivity (Wildman–Crippen MR) is 62.9 cm³/mol. The van der Waals surface area contributed by atoms with Gasteiger partial charge >= 0.3 is 5.97 Å². The molecule has 0 radical (unpaired) electrons. The van der Waals surface area contributed by atoms with E-state index in [0.29, 0.717) is 6.61 Å². The smallest absolute Gasteiger partial charge is 0.311 e. The van der Waals surface area contributed by atoms with E-state index in [1.807, 2.05) is 27.7 Å². The second-order valence-electron chi connectivity index (χ2n) is 5.46. The quantitative estimate of drug-likeness (QED) is 0.679. The molecule has 1 aliphatic rings. The van der Waals surface area contributed by atoms with E-state index >= 15 is 0 Å². The predicted octanol–water partition coefficient (Wildman–Crippen LogP) is 3.05. The van der Waals surface area contributed by atoms with Crippen LogP contribution in [0.1, 0.15) is 47.5 Å². The molecule has 0 fully saturated rings. The molecule has 3 nitrogen and oxygen atoms in total. The van der Waals surface area contributed by atoms with Crippen LogP contribution in [0.5, 0.6) is 0 Å². The van der Waals surface area contributed by atoms with E-state index in [4.69, 9.17) is 9.47 Å². The van der Waals surface area contributed by atoms with Crippen LogP contribution in [0.4, 0.5) is 0 Å². The maximum atomic E-state index is 11.6. The molecule has 0 N–H and O–H groups in total. The van der Waals surface area contributed by atoms with Gasteiger partial charge in [-0.25, -0.2) is 0 Å². The van der Waals surface area contributed by atoms with Gasteiger partial charge in [-0.15, -0.1) is 0 Å². The van der Waals surface area contributed by atoms with Gasteiger partial charge in [0, 0.05) is 0 Å². The van der Waals surface area contributed by atoms with Gasteiger partial charge in [0.05, 0.1) is 11.2 Å². The van der Waals surface area contributed by atoms with Crippen molar-refractivity contribution in [2.24, 2.45) is 5.41 Å². The number of carbonyl (C=O) groups excluding carboxylic acids is 1. The summed E-state index contributed by atoms with van der Waals surface area (Å²) >= 11 is 0. The molecule has 0 aliphatic carbocycles. The Bertz CT molecular complexity index is 297. The fourth-order valence-corrected chi connectivity index (χ4v) is 1.47. The monoisotopic (exact) mass is 226 g/mol. The highest BCUT2D eigenvalue weighted by Crippen LogP contribution is 2.24. The number of ether oxygens (including phenoxy) is 2. The number of hydrogen-bond acceptors (Lipinski definition) is 3. The van der Waals surface area contributed by atoms with Crippen LogP contribution < -0.4 is 0 Å². The van der Waals surface area contributed by atoms with Crippen molar-refractivity contribution in [3.8, 4) is 0 Å². The van der Waals surface area contributed by atoms with Crippen LogP contribution in [0, 0.1) is 5.41 Å². The van der Waals surface area contributed by atoms with Gasteiger partial charge in [-0.3, -0.25) is 4.79 Å². The Morgan fingerprint density at radius 3 is 2.56 bits per heavy atom. The summed E-state index contributed by atoms with van der Waals surface area (Å²) in [6.07, 6.45) is 1.99. The molecule has 0 aromatic heterocycles. The minimum absolute atomic E-state index is 0.0231. The number of carbonyl (C=O) groups is 1. The summed E-state index contributed by atoms with van der Waals surface area (Å²) in [6, 6.07) is 0. The SMILES string of the molecule is CC1=C(C)OC(COC(=O)C(C)(C)C)CC1. The van der Waals surface area contributed by atoms with Gasteiger partial charge in [-0.1, -0.05) is 0 Å². The van der Waals surface area contributed by atoms with Crippen LogP contribution in [-0.4, -0.2) is 18.7 Å². The lowest BCUT2D eigenvalue weighted by Gasteiger charge is -2.26. The average Bonchev–Trinajstić information content (AvgIpc) is 2.18. The van der Waals surface area contributed by atoms with E-state index in [1.165, 1.54) is 5.57 Å². The third-order valence-corrected chi connectivity index (χ3v) is 2.80. The van der Waals surface area contributed by atoms with E-state index in [-0.39, 0.29) is 12.1 Å². The topological polar surface area (TPSA) is 35.5 Å². The van der Waals surface area contributed by atoms with Crippen molar-refractivity contribution >= 4 is 5.97 Å². The first-order valence-corrected chi connectivity index (χ1v) is 5.81. The summed E-state index contributed by atoms with van der Waals surface area (Å²) in [5.74, 6) is 0.808. The molecule has 0 bridgehead atoms. The van der Waals surface area contributed by atoms with Gasteiger partial charge in [0.15, 0.2) is 0 Å². The Labute approximate surface area is 97.8 Å². The second-order valence-corrected chi connectivity index (χ2v) is 5.46. The molecule has 0 amide bonds. The van der Waals surface area contributed by atoms with Crippen LogP contribution in [0.15, 0.2) is 11.3 Å². The first-order chi connectivity index (χ1) is 7.30. The Morgan fingerprint density at radius 1 is 1.44 bits per heavy atom. The zero-order chi connectivity index (χ0) is 12.3. The van der Waals surface area contributed by atoms with Crippen molar-refractivity contribution in [3.05, 3.63) is 11.3 Å². The maximum Gasteiger partial charge on any atom is 0.311 e. The largest absolute Gasteiger partial charge is 0.492 e. The molecular weight excluding hydrogens is 204 g/mol. The maximum absolute atomic E-state index is 11.6. The molecule has 1 unspecified atom stereocenters. The van der Waals surface area contributed by atoms with Gasteiger partial charge in [0.1, 0.15) is 12.7 Å². The highest BCUT2D eigenvalue weighted by molar-refractivity contribution is 5.75. The molecule has 1 atom stereocenters. The molecule has 92 valence electrons. The lowest BCUT2D eigenvalue weighted by atomic mass is 9.97. The molecule has 3 heteroatoms. The van der Waals surface area contributed by atoms with Crippen molar-refractivity contribution in [2.45, 2.75) is 53.6 Å². The third-order valence-electron chi connectivity index (χ3n) is 2.80. The number of hydrogen-bond donors (Lipinski definition) is 0. The molecule has 1 rings (SSSR count). The Hall–Kier alpha value is -0.990. The van der Waals surface area contributed by atoms with Gasteiger partial charge in [0.2, 0.25) is 0 Å². The molecule has 16 heavy (non-hydrogen) atoms. The summed E-state index contributed by atoms with van der Waals surface area (Å²) in [7, 11) is 0. The third kappa shape index (κ3) is 3.54. The van der Waals surface area contributed by atoms with Crippen molar-refractivity contribution in [1.82, 2.24) is 0 Å². The van der Waals surface area contributed by atoms with Gasteiger partial charge in [0.25, 0.3) is 0 Å². The van der Waals surface area contributed by atoms with Crippen LogP contribution in [-0.2, 0) is 14.3 Å². The van der Waals surface area contributed by atoms with E-state index in [9.17, 15) is 4.79 Å². The lowest BCUT2D eigenvalue weighted by molar-refractivity contribution is -0.156. The van der Waals surface area contributed by atoms with E-state index in [1.54, 1.807) is 0 Å². The van der Waals surface area contributed by atoms with E-state index in [2.05, 4.69) is 6.92 Å². The van der Waals surface area contributed by atoms with Crippen LogP contribution >= 0.6 is 0 Å². The fourth-order valence-electron chi connectivity index (χ4n) is 1.47. The van der Waals surface area contributed by atoms with E-state index < -0.39 is 5.41 Å². The fraction of sp³-hybridized carbons (Fsp3) is 0.769. The van der Waals surface area contributed by atoms with E-state index in [0.717, 1.165) is 18.6 Å². The minimum atomic E-state index is -0.435. The molecule has 1 aliphatic heterocycles. The molecule has 0 saturated carbocycles. The van der Waals surface area contributed by atoms with Gasteiger partial charge < -0.3 is 9.47 Å². The Balaban J connectivity index is 2.39. The molecule has 1 heterocycles. The summed E-state index contributed by atoms with van der Waals surface area (Å²) in [5.41, 5.74) is 0.855. The van der Waals surface area contributed by atoms with Gasteiger partial charge in [-0.05, 0) is 53.0 Å². The summed E-state index contributed by atoms with van der Waals surface area (Å²) in [4.78, 5) is 11.6. The molecule has 0 aromatic rings. The Kier molecular flexibility index (Phi) is 4.00. The van der Waals surface area contributed by atoms with Crippen LogP contribution in [0.25, 0.3) is 0 Å². The number of allylic oxidation sites excluding steroid dienone is 2. The van der Waals surface area contributed by atoms with Crippen LogP contribution in [0.2, 0.25) is 0 Å². The Morgan fingerprint density at radius 2 is 2.06 bits per heavy atom. The van der Waals surface area contributed by atoms with Gasteiger partial charge in [-0.2, -0.15) is 0 Å². The van der Waals surface area contributed by atoms with Crippen molar-refractivity contribution in [3.63, 3.8) is 0 Å². The minimum Gasteiger partial charge on any atom is -0.492 e. The standard InChI is InChI=1S/C13H22O3/c1-9-6-7-11(16-10(9)2)8-15-12(14)13(3,4)5/h11H,6-8H2,1-5H3. The lowest BCUT2D eigenvalue weighted by Crippen LogP contribution is -2.29. The first-order valence-electron chi connectivity index (χ1n) is 5.81. The molecule has 0 saturated heterocycles. The molecule has 0 spiro atoms. The number of rotatable bonds is 2. The summed E-state index contributed by atoms with van der Waals surface area (Å²) in [6.45, 7) is 9.96. The van der Waals surface area contributed by atoms with Crippen molar-refractivity contribution < 1.29 is 14.3 Å². The zero-order valence-corrected chi connectivity index (χ0v) is 10.9. The first kappa shape index (κ1) is 13.1. The highest BCUT2D eigenvalue weighted by atomic mass is 16.6.